The highest BCUT2D eigenvalue weighted by atomic mass is 79.9. The molecule has 1 N–H and O–H groups in total. The summed E-state index contributed by atoms with van der Waals surface area (Å²) < 4.78 is 13.1. The Morgan fingerprint density at radius 3 is 3.00 bits per heavy atom. The summed E-state index contributed by atoms with van der Waals surface area (Å²) in [7, 11) is 0. The molecule has 1 amide bonds. The summed E-state index contributed by atoms with van der Waals surface area (Å²) in [6.45, 7) is 0.127. The SMILES string of the molecule is C#CCNC(=O)c1cccc(F)c1Br. The first-order valence-electron chi connectivity index (χ1n) is 3.82. The molecule has 0 aromatic heterocycles. The molecule has 0 unspecified atom stereocenters. The van der Waals surface area contributed by atoms with Crippen LogP contribution in [0.2, 0.25) is 0 Å². The summed E-state index contributed by atoms with van der Waals surface area (Å²) in [6.07, 6.45) is 4.97. The van der Waals surface area contributed by atoms with Crippen molar-refractivity contribution in [1.29, 1.82) is 0 Å². The largest absolute Gasteiger partial charge is 0.341 e. The highest BCUT2D eigenvalue weighted by Crippen LogP contribution is 2.19. The number of hydrogen-bond donors (Lipinski definition) is 1. The Balaban J connectivity index is 2.91. The van der Waals surface area contributed by atoms with Crippen molar-refractivity contribution < 1.29 is 9.18 Å². The number of nitrogens with one attached hydrogen (secondary N) is 1. The van der Waals surface area contributed by atoms with Crippen molar-refractivity contribution in [1.82, 2.24) is 5.32 Å². The summed E-state index contributed by atoms with van der Waals surface area (Å²) in [6, 6.07) is 4.24. The Labute approximate surface area is 89.6 Å². The fraction of sp³-hybridized carbons (Fsp3) is 0.100. The molecule has 14 heavy (non-hydrogen) atoms. The van der Waals surface area contributed by atoms with Crippen LogP contribution in [-0.4, -0.2) is 12.5 Å². The van der Waals surface area contributed by atoms with E-state index in [1.807, 2.05) is 0 Å². The summed E-state index contributed by atoms with van der Waals surface area (Å²) >= 11 is 2.99. The Morgan fingerprint density at radius 1 is 1.64 bits per heavy atom. The van der Waals surface area contributed by atoms with Gasteiger partial charge in [-0.3, -0.25) is 4.79 Å². The topological polar surface area (TPSA) is 29.1 Å². The summed E-state index contributed by atoms with van der Waals surface area (Å²) in [4.78, 5) is 11.4. The van der Waals surface area contributed by atoms with Crippen LogP contribution >= 0.6 is 15.9 Å². The van der Waals surface area contributed by atoms with Gasteiger partial charge < -0.3 is 5.32 Å². The molecule has 0 aliphatic heterocycles. The molecular formula is C10H7BrFNO. The number of carbonyl (C=O) groups excluding carboxylic acids is 1. The lowest BCUT2D eigenvalue weighted by atomic mass is 10.2. The molecule has 0 aliphatic rings. The smallest absolute Gasteiger partial charge is 0.253 e. The first-order valence-corrected chi connectivity index (χ1v) is 4.61. The monoisotopic (exact) mass is 255 g/mol. The molecule has 0 radical (unpaired) electrons. The fourth-order valence-electron chi connectivity index (χ4n) is 0.906. The van der Waals surface area contributed by atoms with Gasteiger partial charge in [-0.15, -0.1) is 6.42 Å². The van der Waals surface area contributed by atoms with E-state index in [1.165, 1.54) is 18.2 Å². The zero-order valence-electron chi connectivity index (χ0n) is 7.18. The van der Waals surface area contributed by atoms with Gasteiger partial charge in [-0.25, -0.2) is 4.39 Å². The van der Waals surface area contributed by atoms with Crippen LogP contribution in [0.4, 0.5) is 4.39 Å². The Bertz CT molecular complexity index is 398. The van der Waals surface area contributed by atoms with Crippen LogP contribution in [0.5, 0.6) is 0 Å². The Kier molecular flexibility index (Phi) is 3.66. The van der Waals surface area contributed by atoms with Crippen LogP contribution < -0.4 is 5.32 Å². The second kappa shape index (κ2) is 4.77. The predicted octanol–water partition coefficient (Wildman–Crippen LogP) is 1.95. The zero-order valence-corrected chi connectivity index (χ0v) is 8.77. The Morgan fingerprint density at radius 2 is 2.36 bits per heavy atom. The number of halogens is 2. The number of benzene rings is 1. The van der Waals surface area contributed by atoms with E-state index in [0.717, 1.165) is 0 Å². The van der Waals surface area contributed by atoms with Crippen LogP contribution in [0, 0.1) is 18.2 Å². The van der Waals surface area contributed by atoms with Crippen molar-refractivity contribution in [2.45, 2.75) is 0 Å². The maximum Gasteiger partial charge on any atom is 0.253 e. The van der Waals surface area contributed by atoms with Gasteiger partial charge in [0.25, 0.3) is 5.91 Å². The van der Waals surface area contributed by atoms with Crippen LogP contribution in [-0.2, 0) is 0 Å². The van der Waals surface area contributed by atoms with Crippen molar-refractivity contribution in [3.8, 4) is 12.3 Å². The van der Waals surface area contributed by atoms with Gasteiger partial charge >= 0.3 is 0 Å². The molecule has 0 saturated heterocycles. The summed E-state index contributed by atoms with van der Waals surface area (Å²) in [5.74, 6) is 1.39. The third kappa shape index (κ3) is 2.33. The third-order valence-electron chi connectivity index (χ3n) is 1.55. The van der Waals surface area contributed by atoms with Gasteiger partial charge in [-0.05, 0) is 28.1 Å². The fourth-order valence-corrected chi connectivity index (χ4v) is 1.35. The van der Waals surface area contributed by atoms with E-state index in [9.17, 15) is 9.18 Å². The molecule has 0 bridgehead atoms. The molecule has 0 aliphatic carbocycles. The normalized spacial score (nSPS) is 9.21. The molecule has 0 saturated carbocycles. The standard InChI is InChI=1S/C10H7BrFNO/c1-2-6-13-10(14)7-4-3-5-8(12)9(7)11/h1,3-5H,6H2,(H,13,14). The second-order valence-electron chi connectivity index (χ2n) is 2.49. The quantitative estimate of drug-likeness (QED) is 0.805. The van der Waals surface area contributed by atoms with Gasteiger partial charge in [0.05, 0.1) is 16.6 Å². The molecule has 1 aromatic rings. The molecule has 0 heterocycles. The lowest BCUT2D eigenvalue weighted by molar-refractivity contribution is 0.0957. The number of amides is 1. The lowest BCUT2D eigenvalue weighted by Crippen LogP contribution is -2.24. The average Bonchev–Trinajstić information content (AvgIpc) is 2.18. The van der Waals surface area contributed by atoms with Gasteiger partial charge in [-0.2, -0.15) is 0 Å². The maximum atomic E-state index is 13.0. The van der Waals surface area contributed by atoms with E-state index < -0.39 is 11.7 Å². The second-order valence-corrected chi connectivity index (χ2v) is 3.28. The van der Waals surface area contributed by atoms with Crippen LogP contribution in [0.15, 0.2) is 22.7 Å². The number of carbonyl (C=O) groups is 1. The van der Waals surface area contributed by atoms with Crippen LogP contribution in [0.3, 0.4) is 0 Å². The van der Waals surface area contributed by atoms with E-state index in [2.05, 4.69) is 27.2 Å². The molecule has 0 atom stereocenters. The van der Waals surface area contributed by atoms with Crippen LogP contribution in [0.25, 0.3) is 0 Å². The highest BCUT2D eigenvalue weighted by molar-refractivity contribution is 9.10. The maximum absolute atomic E-state index is 13.0. The molecular weight excluding hydrogens is 249 g/mol. The van der Waals surface area contributed by atoms with Crippen molar-refractivity contribution >= 4 is 21.8 Å². The van der Waals surface area contributed by atoms with Gasteiger partial charge in [-0.1, -0.05) is 12.0 Å². The minimum absolute atomic E-state index is 0.127. The van der Waals surface area contributed by atoms with Gasteiger partial charge in [0.15, 0.2) is 0 Å². The van der Waals surface area contributed by atoms with Crippen LogP contribution in [0.1, 0.15) is 10.4 Å². The molecule has 72 valence electrons. The molecule has 0 fully saturated rings. The third-order valence-corrected chi connectivity index (χ3v) is 2.35. The van der Waals surface area contributed by atoms with E-state index in [4.69, 9.17) is 6.42 Å². The summed E-state index contributed by atoms with van der Waals surface area (Å²) in [5, 5.41) is 2.44. The predicted molar refractivity (Wildman–Crippen MR) is 55.3 cm³/mol. The summed E-state index contributed by atoms with van der Waals surface area (Å²) in [5.41, 5.74) is 0.236. The molecule has 0 spiro atoms. The Hall–Kier alpha value is -1.34. The molecule has 4 heteroatoms. The first-order chi connectivity index (χ1) is 6.66. The van der Waals surface area contributed by atoms with Gasteiger partial charge in [0.2, 0.25) is 0 Å². The van der Waals surface area contributed by atoms with E-state index in [1.54, 1.807) is 0 Å². The van der Waals surface area contributed by atoms with Gasteiger partial charge in [0.1, 0.15) is 5.82 Å². The number of terminal acetylenes is 1. The van der Waals surface area contributed by atoms with E-state index >= 15 is 0 Å². The zero-order chi connectivity index (χ0) is 10.6. The molecule has 1 aromatic carbocycles. The molecule has 2 nitrogen and oxygen atoms in total. The van der Waals surface area contributed by atoms with Crippen molar-refractivity contribution in [3.05, 3.63) is 34.1 Å². The molecule has 1 rings (SSSR count). The van der Waals surface area contributed by atoms with Crippen molar-refractivity contribution in [2.75, 3.05) is 6.54 Å². The number of rotatable bonds is 2. The van der Waals surface area contributed by atoms with E-state index in [-0.39, 0.29) is 16.6 Å². The number of hydrogen-bond acceptors (Lipinski definition) is 1. The van der Waals surface area contributed by atoms with Gasteiger partial charge in [0, 0.05) is 0 Å². The average molecular weight is 256 g/mol. The minimum atomic E-state index is -0.474. The van der Waals surface area contributed by atoms with Crippen molar-refractivity contribution in [2.24, 2.45) is 0 Å². The highest BCUT2D eigenvalue weighted by Gasteiger charge is 2.11. The lowest BCUT2D eigenvalue weighted by Gasteiger charge is -2.04. The van der Waals surface area contributed by atoms with E-state index in [0.29, 0.717) is 0 Å². The van der Waals surface area contributed by atoms with Crippen molar-refractivity contribution in [3.63, 3.8) is 0 Å². The minimum Gasteiger partial charge on any atom is -0.341 e. The first kappa shape index (κ1) is 10.7.